The van der Waals surface area contributed by atoms with E-state index in [1.807, 2.05) is 4.90 Å². The highest BCUT2D eigenvalue weighted by atomic mass is 16.2. The lowest BCUT2D eigenvalue weighted by Gasteiger charge is -2.32. The van der Waals surface area contributed by atoms with Crippen molar-refractivity contribution in [2.45, 2.75) is 52.0 Å². The summed E-state index contributed by atoms with van der Waals surface area (Å²) in [4.78, 5) is 13.9. The molecule has 0 aromatic heterocycles. The number of nitrogens with zero attached hydrogens (tertiary/aromatic N) is 1. The molecule has 1 N–H and O–H groups in total. The molecule has 1 saturated heterocycles. The number of unbranched alkanes of at least 4 members (excludes halogenated alkanes) is 3. The molecular weight excluding hydrogens is 188 g/mol. The third-order valence-corrected chi connectivity index (χ3v) is 3.07. The van der Waals surface area contributed by atoms with Crippen LogP contribution in [-0.2, 0) is 4.79 Å². The van der Waals surface area contributed by atoms with Crippen molar-refractivity contribution >= 4 is 5.91 Å². The van der Waals surface area contributed by atoms with Crippen molar-refractivity contribution in [1.82, 2.24) is 10.2 Å². The molecule has 0 aromatic carbocycles. The minimum absolute atomic E-state index is 0.0740. The van der Waals surface area contributed by atoms with Gasteiger partial charge in [0.2, 0.25) is 5.91 Å². The molecule has 1 aliphatic rings. The Morgan fingerprint density at radius 2 is 2.13 bits per heavy atom. The lowest BCUT2D eigenvalue weighted by Crippen LogP contribution is -2.54. The summed E-state index contributed by atoms with van der Waals surface area (Å²) in [6, 6.07) is 0.0740. The number of amides is 1. The first-order valence-electron chi connectivity index (χ1n) is 6.31. The summed E-state index contributed by atoms with van der Waals surface area (Å²) in [5.41, 5.74) is 0. The minimum Gasteiger partial charge on any atom is -0.340 e. The van der Waals surface area contributed by atoms with Crippen LogP contribution in [0.3, 0.4) is 0 Å². The number of piperazine rings is 1. The number of carbonyl (C=O) groups excluding carboxylic acids is 1. The van der Waals surface area contributed by atoms with E-state index in [0.717, 1.165) is 32.5 Å². The molecule has 88 valence electrons. The molecule has 1 unspecified atom stereocenters. The van der Waals surface area contributed by atoms with E-state index in [1.54, 1.807) is 0 Å². The van der Waals surface area contributed by atoms with Crippen molar-refractivity contribution in [3.63, 3.8) is 0 Å². The first-order chi connectivity index (χ1) is 7.29. The molecule has 1 aliphatic heterocycles. The van der Waals surface area contributed by atoms with Crippen LogP contribution in [0.5, 0.6) is 0 Å². The molecular formula is C12H24N2O. The van der Waals surface area contributed by atoms with Crippen molar-refractivity contribution in [2.24, 2.45) is 0 Å². The van der Waals surface area contributed by atoms with E-state index in [9.17, 15) is 4.79 Å². The van der Waals surface area contributed by atoms with Gasteiger partial charge in [0.15, 0.2) is 0 Å². The van der Waals surface area contributed by atoms with Crippen LogP contribution in [0, 0.1) is 0 Å². The quantitative estimate of drug-likeness (QED) is 0.681. The topological polar surface area (TPSA) is 32.3 Å². The fourth-order valence-corrected chi connectivity index (χ4v) is 2.06. The first-order valence-corrected chi connectivity index (χ1v) is 6.31. The second kappa shape index (κ2) is 6.83. The van der Waals surface area contributed by atoms with E-state index in [0.29, 0.717) is 5.91 Å². The lowest BCUT2D eigenvalue weighted by molar-refractivity contribution is -0.135. The number of carbonyl (C=O) groups is 1. The second-order valence-corrected chi connectivity index (χ2v) is 4.30. The zero-order valence-corrected chi connectivity index (χ0v) is 10.1. The van der Waals surface area contributed by atoms with Gasteiger partial charge in [0, 0.05) is 19.6 Å². The smallest absolute Gasteiger partial charge is 0.239 e. The zero-order valence-electron chi connectivity index (χ0n) is 10.1. The predicted molar refractivity (Wildman–Crippen MR) is 62.8 cm³/mol. The first kappa shape index (κ1) is 12.5. The van der Waals surface area contributed by atoms with Gasteiger partial charge >= 0.3 is 0 Å². The van der Waals surface area contributed by atoms with Crippen LogP contribution >= 0.6 is 0 Å². The molecule has 1 fully saturated rings. The molecule has 0 spiro atoms. The Morgan fingerprint density at radius 1 is 1.33 bits per heavy atom. The van der Waals surface area contributed by atoms with Crippen LogP contribution in [0.15, 0.2) is 0 Å². The van der Waals surface area contributed by atoms with Gasteiger partial charge in [0.25, 0.3) is 0 Å². The van der Waals surface area contributed by atoms with Crippen molar-refractivity contribution < 1.29 is 4.79 Å². The highest BCUT2D eigenvalue weighted by Crippen LogP contribution is 2.07. The molecule has 0 bridgehead atoms. The van der Waals surface area contributed by atoms with E-state index in [2.05, 4.69) is 19.2 Å². The third-order valence-electron chi connectivity index (χ3n) is 3.07. The van der Waals surface area contributed by atoms with Gasteiger partial charge in [-0.05, 0) is 12.8 Å². The van der Waals surface area contributed by atoms with E-state index in [-0.39, 0.29) is 6.04 Å². The summed E-state index contributed by atoms with van der Waals surface area (Å²) in [5, 5.41) is 3.26. The van der Waals surface area contributed by atoms with Crippen LogP contribution in [0.25, 0.3) is 0 Å². The molecule has 15 heavy (non-hydrogen) atoms. The molecule has 3 nitrogen and oxygen atoms in total. The Balaban J connectivity index is 2.24. The van der Waals surface area contributed by atoms with E-state index < -0.39 is 0 Å². The SMILES string of the molecule is CCCCCCN1CCNC(CC)C1=O. The molecule has 0 saturated carbocycles. The standard InChI is InChI=1S/C12H24N2O/c1-3-5-6-7-9-14-10-8-13-11(4-2)12(14)15/h11,13H,3-10H2,1-2H3. The van der Waals surface area contributed by atoms with Gasteiger partial charge in [0.05, 0.1) is 6.04 Å². The average Bonchev–Trinajstić information content (AvgIpc) is 2.26. The molecule has 1 amide bonds. The highest BCUT2D eigenvalue weighted by molar-refractivity contribution is 5.82. The van der Waals surface area contributed by atoms with Crippen LogP contribution < -0.4 is 5.32 Å². The van der Waals surface area contributed by atoms with Crippen molar-refractivity contribution in [3.8, 4) is 0 Å². The lowest BCUT2D eigenvalue weighted by atomic mass is 10.1. The Kier molecular flexibility index (Phi) is 5.69. The van der Waals surface area contributed by atoms with Crippen LogP contribution in [0.2, 0.25) is 0 Å². The molecule has 0 aliphatic carbocycles. The summed E-state index contributed by atoms with van der Waals surface area (Å²) in [5.74, 6) is 0.306. The molecule has 1 rings (SSSR count). The monoisotopic (exact) mass is 212 g/mol. The Morgan fingerprint density at radius 3 is 2.80 bits per heavy atom. The van der Waals surface area contributed by atoms with Crippen molar-refractivity contribution in [2.75, 3.05) is 19.6 Å². The summed E-state index contributed by atoms with van der Waals surface area (Å²) in [6.45, 7) is 7.08. The summed E-state index contributed by atoms with van der Waals surface area (Å²) < 4.78 is 0. The summed E-state index contributed by atoms with van der Waals surface area (Å²) in [6.07, 6.45) is 5.87. The van der Waals surface area contributed by atoms with Gasteiger partial charge in [0.1, 0.15) is 0 Å². The number of nitrogens with one attached hydrogen (secondary N) is 1. The van der Waals surface area contributed by atoms with Gasteiger partial charge < -0.3 is 10.2 Å². The van der Waals surface area contributed by atoms with E-state index in [4.69, 9.17) is 0 Å². The molecule has 0 aromatic rings. The van der Waals surface area contributed by atoms with Gasteiger partial charge in [-0.2, -0.15) is 0 Å². The maximum atomic E-state index is 11.9. The van der Waals surface area contributed by atoms with Gasteiger partial charge in [-0.3, -0.25) is 4.79 Å². The Labute approximate surface area is 93.2 Å². The normalized spacial score (nSPS) is 22.1. The van der Waals surface area contributed by atoms with Crippen LogP contribution in [0.1, 0.15) is 46.0 Å². The van der Waals surface area contributed by atoms with E-state index >= 15 is 0 Å². The average molecular weight is 212 g/mol. The molecule has 1 heterocycles. The van der Waals surface area contributed by atoms with Crippen LogP contribution in [0.4, 0.5) is 0 Å². The maximum absolute atomic E-state index is 11.9. The highest BCUT2D eigenvalue weighted by Gasteiger charge is 2.25. The van der Waals surface area contributed by atoms with Crippen molar-refractivity contribution in [1.29, 1.82) is 0 Å². The number of hydrogen-bond acceptors (Lipinski definition) is 2. The fourth-order valence-electron chi connectivity index (χ4n) is 2.06. The van der Waals surface area contributed by atoms with Gasteiger partial charge in [-0.1, -0.05) is 33.1 Å². The third kappa shape index (κ3) is 3.82. The van der Waals surface area contributed by atoms with Gasteiger partial charge in [-0.15, -0.1) is 0 Å². The largest absolute Gasteiger partial charge is 0.340 e. The predicted octanol–water partition coefficient (Wildman–Crippen LogP) is 1.78. The Bertz CT molecular complexity index is 194. The fraction of sp³-hybridized carbons (Fsp3) is 0.917. The number of rotatable bonds is 6. The maximum Gasteiger partial charge on any atom is 0.239 e. The molecule has 3 heteroatoms. The van der Waals surface area contributed by atoms with E-state index in [1.165, 1.54) is 19.3 Å². The zero-order chi connectivity index (χ0) is 11.1. The number of hydrogen-bond donors (Lipinski definition) is 1. The van der Waals surface area contributed by atoms with Crippen LogP contribution in [-0.4, -0.2) is 36.5 Å². The summed E-state index contributed by atoms with van der Waals surface area (Å²) in [7, 11) is 0. The minimum atomic E-state index is 0.0740. The Hall–Kier alpha value is -0.570. The summed E-state index contributed by atoms with van der Waals surface area (Å²) >= 11 is 0. The van der Waals surface area contributed by atoms with Gasteiger partial charge in [-0.25, -0.2) is 0 Å². The molecule has 1 atom stereocenters. The van der Waals surface area contributed by atoms with Crippen molar-refractivity contribution in [3.05, 3.63) is 0 Å². The second-order valence-electron chi connectivity index (χ2n) is 4.30. The molecule has 0 radical (unpaired) electrons.